The largest absolute Gasteiger partial charge is 0.377 e. The number of allylic oxidation sites excluding steroid dienone is 2. The first kappa shape index (κ1) is 17.0. The molecule has 0 heterocycles. The van der Waals surface area contributed by atoms with E-state index in [1.54, 1.807) is 0 Å². The quantitative estimate of drug-likeness (QED) is 0.452. The van der Waals surface area contributed by atoms with Gasteiger partial charge < -0.3 is 4.74 Å². The molecule has 100 valence electrons. The normalized spacial score (nSPS) is 19.6. The van der Waals surface area contributed by atoms with Crippen LogP contribution in [0.4, 0.5) is 0 Å². The molecule has 3 heteroatoms. The summed E-state index contributed by atoms with van der Waals surface area (Å²) in [4.78, 5) is -0.813. The third-order valence-corrected chi connectivity index (χ3v) is 3.79. The highest BCUT2D eigenvalue weighted by Crippen LogP contribution is 2.26. The summed E-state index contributed by atoms with van der Waals surface area (Å²) < 4.78 is 5.68. The SMILES string of the molecule is CC=CC(Cl)(CC)COCC(Cl)(C=CC)CC. The molecular weight excluding hydrogens is 255 g/mol. The van der Waals surface area contributed by atoms with Crippen LogP contribution in [0.25, 0.3) is 0 Å². The van der Waals surface area contributed by atoms with Gasteiger partial charge in [0.1, 0.15) is 0 Å². The van der Waals surface area contributed by atoms with E-state index >= 15 is 0 Å². The first-order valence-electron chi connectivity index (χ1n) is 6.18. The number of halogens is 2. The molecule has 2 atom stereocenters. The second kappa shape index (κ2) is 8.18. The number of hydrogen-bond donors (Lipinski definition) is 0. The van der Waals surface area contributed by atoms with E-state index in [2.05, 4.69) is 13.8 Å². The van der Waals surface area contributed by atoms with E-state index < -0.39 is 9.75 Å². The molecule has 0 saturated heterocycles. The molecule has 0 spiro atoms. The van der Waals surface area contributed by atoms with Gasteiger partial charge in [-0.1, -0.05) is 38.2 Å². The number of alkyl halides is 2. The molecule has 0 bridgehead atoms. The Labute approximate surface area is 116 Å². The molecule has 0 saturated carbocycles. The zero-order chi connectivity index (χ0) is 13.4. The summed E-state index contributed by atoms with van der Waals surface area (Å²) in [6, 6.07) is 0. The lowest BCUT2D eigenvalue weighted by molar-refractivity contribution is 0.105. The van der Waals surface area contributed by atoms with E-state index in [0.29, 0.717) is 13.2 Å². The van der Waals surface area contributed by atoms with Crippen molar-refractivity contribution >= 4 is 23.2 Å². The van der Waals surface area contributed by atoms with Crippen LogP contribution in [-0.4, -0.2) is 23.0 Å². The minimum absolute atomic E-state index is 0.407. The van der Waals surface area contributed by atoms with E-state index in [-0.39, 0.29) is 0 Å². The van der Waals surface area contributed by atoms with E-state index in [4.69, 9.17) is 27.9 Å². The maximum atomic E-state index is 6.40. The third kappa shape index (κ3) is 6.49. The summed E-state index contributed by atoms with van der Waals surface area (Å²) in [7, 11) is 0. The Morgan fingerprint density at radius 1 is 0.882 bits per heavy atom. The van der Waals surface area contributed by atoms with Gasteiger partial charge in [0, 0.05) is 0 Å². The maximum absolute atomic E-state index is 6.40. The first-order chi connectivity index (χ1) is 7.95. The highest BCUT2D eigenvalue weighted by molar-refractivity contribution is 6.25. The molecule has 0 rings (SSSR count). The van der Waals surface area contributed by atoms with Crippen LogP contribution in [-0.2, 0) is 4.74 Å². The van der Waals surface area contributed by atoms with Gasteiger partial charge in [-0.2, -0.15) is 0 Å². The molecule has 1 nitrogen and oxygen atoms in total. The predicted octanol–water partition coefficient (Wildman–Crippen LogP) is 4.93. The van der Waals surface area contributed by atoms with Crippen molar-refractivity contribution in [3.05, 3.63) is 24.3 Å². The van der Waals surface area contributed by atoms with Crippen molar-refractivity contribution in [2.45, 2.75) is 50.3 Å². The summed E-state index contributed by atoms with van der Waals surface area (Å²) in [6.45, 7) is 9.00. The van der Waals surface area contributed by atoms with Crippen molar-refractivity contribution < 1.29 is 4.74 Å². The fourth-order valence-corrected chi connectivity index (χ4v) is 1.93. The predicted molar refractivity (Wildman–Crippen MR) is 78.2 cm³/mol. The zero-order valence-corrected chi connectivity index (χ0v) is 12.8. The lowest BCUT2D eigenvalue weighted by Gasteiger charge is -2.26. The molecular formula is C14H24Cl2O. The van der Waals surface area contributed by atoms with Gasteiger partial charge in [0.2, 0.25) is 0 Å². The van der Waals surface area contributed by atoms with E-state index in [1.807, 2.05) is 38.2 Å². The Balaban J connectivity index is 4.29. The molecule has 0 aliphatic rings. The monoisotopic (exact) mass is 278 g/mol. The van der Waals surface area contributed by atoms with Gasteiger partial charge >= 0.3 is 0 Å². The molecule has 0 fully saturated rings. The third-order valence-electron chi connectivity index (χ3n) is 2.79. The van der Waals surface area contributed by atoms with Crippen molar-refractivity contribution in [2.75, 3.05) is 13.2 Å². The number of ether oxygens (including phenoxy) is 1. The Morgan fingerprint density at radius 3 is 1.47 bits per heavy atom. The van der Waals surface area contributed by atoms with Gasteiger partial charge in [-0.25, -0.2) is 0 Å². The summed E-state index contributed by atoms with van der Waals surface area (Å²) in [5.41, 5.74) is 0. The first-order valence-corrected chi connectivity index (χ1v) is 6.94. The van der Waals surface area contributed by atoms with Crippen molar-refractivity contribution in [2.24, 2.45) is 0 Å². The average Bonchev–Trinajstić information content (AvgIpc) is 2.30. The molecule has 0 amide bonds. The standard InChI is InChI=1S/C14H24Cl2O/c1-5-9-13(15,7-3)11-17-12-14(16,8-4)10-6-2/h5-6,9-10H,7-8,11-12H2,1-4H3. The van der Waals surface area contributed by atoms with Crippen LogP contribution in [0, 0.1) is 0 Å². The fraction of sp³-hybridized carbons (Fsp3) is 0.714. The minimum Gasteiger partial charge on any atom is -0.377 e. The molecule has 0 aliphatic carbocycles. The topological polar surface area (TPSA) is 9.23 Å². The fourth-order valence-electron chi connectivity index (χ4n) is 1.52. The molecule has 17 heavy (non-hydrogen) atoms. The molecule has 0 aromatic heterocycles. The molecule has 0 N–H and O–H groups in total. The van der Waals surface area contributed by atoms with Crippen LogP contribution in [0.5, 0.6) is 0 Å². The second-order valence-corrected chi connectivity index (χ2v) is 5.77. The smallest absolute Gasteiger partial charge is 0.0856 e. The number of hydrogen-bond acceptors (Lipinski definition) is 1. The highest BCUT2D eigenvalue weighted by atomic mass is 35.5. The summed E-state index contributed by atoms with van der Waals surface area (Å²) >= 11 is 12.8. The molecule has 2 unspecified atom stereocenters. The van der Waals surface area contributed by atoms with E-state index in [1.165, 1.54) is 0 Å². The summed E-state index contributed by atoms with van der Waals surface area (Å²) in [5.74, 6) is 0. The van der Waals surface area contributed by atoms with Crippen molar-refractivity contribution in [1.29, 1.82) is 0 Å². The second-order valence-electron chi connectivity index (χ2n) is 4.27. The van der Waals surface area contributed by atoms with Crippen LogP contribution in [0.15, 0.2) is 24.3 Å². The lowest BCUT2D eigenvalue weighted by atomic mass is 10.1. The maximum Gasteiger partial charge on any atom is 0.0856 e. The van der Waals surface area contributed by atoms with Gasteiger partial charge in [0.15, 0.2) is 0 Å². The van der Waals surface area contributed by atoms with Crippen molar-refractivity contribution in [3.8, 4) is 0 Å². The highest BCUT2D eigenvalue weighted by Gasteiger charge is 2.26. The Morgan fingerprint density at radius 2 is 1.24 bits per heavy atom. The Bertz CT molecular complexity index is 237. The van der Waals surface area contributed by atoms with E-state index in [0.717, 1.165) is 12.8 Å². The van der Waals surface area contributed by atoms with Gasteiger partial charge in [-0.05, 0) is 26.7 Å². The van der Waals surface area contributed by atoms with Crippen LogP contribution >= 0.6 is 23.2 Å². The molecule has 0 aliphatic heterocycles. The van der Waals surface area contributed by atoms with Crippen molar-refractivity contribution in [3.63, 3.8) is 0 Å². The van der Waals surface area contributed by atoms with E-state index in [9.17, 15) is 0 Å². The van der Waals surface area contributed by atoms with Gasteiger partial charge in [-0.3, -0.25) is 0 Å². The lowest BCUT2D eigenvalue weighted by Crippen LogP contribution is -2.30. The Kier molecular flexibility index (Phi) is 8.19. The van der Waals surface area contributed by atoms with Gasteiger partial charge in [-0.15, -0.1) is 23.2 Å². The summed E-state index contributed by atoms with van der Waals surface area (Å²) in [5, 5.41) is 0. The van der Waals surface area contributed by atoms with Crippen molar-refractivity contribution in [1.82, 2.24) is 0 Å². The summed E-state index contributed by atoms with van der Waals surface area (Å²) in [6.07, 6.45) is 9.55. The number of rotatable bonds is 8. The van der Waals surface area contributed by atoms with Gasteiger partial charge in [0.25, 0.3) is 0 Å². The minimum atomic E-state index is -0.407. The van der Waals surface area contributed by atoms with Crippen LogP contribution in [0.2, 0.25) is 0 Å². The Hall–Kier alpha value is 0.0200. The van der Waals surface area contributed by atoms with Crippen LogP contribution in [0.1, 0.15) is 40.5 Å². The molecule has 0 radical (unpaired) electrons. The molecule has 0 aromatic rings. The van der Waals surface area contributed by atoms with Crippen LogP contribution in [0.3, 0.4) is 0 Å². The average molecular weight is 279 g/mol. The molecule has 0 aromatic carbocycles. The van der Waals surface area contributed by atoms with Crippen LogP contribution < -0.4 is 0 Å². The van der Waals surface area contributed by atoms with Gasteiger partial charge in [0.05, 0.1) is 23.0 Å². The zero-order valence-electron chi connectivity index (χ0n) is 11.3.